The maximum atomic E-state index is 13.5. The molecule has 1 heterocycles. The van der Waals surface area contributed by atoms with Gasteiger partial charge in [0.05, 0.1) is 5.69 Å². The van der Waals surface area contributed by atoms with Crippen molar-refractivity contribution >= 4 is 15.9 Å². The highest BCUT2D eigenvalue weighted by atomic mass is 32.2. The smallest absolute Gasteiger partial charge is 0.301 e. The number of nitrogens with one attached hydrogen (secondary N) is 1. The van der Waals surface area contributed by atoms with Gasteiger partial charge in [-0.2, -0.15) is 12.7 Å². The number of hydrogen-bond acceptors (Lipinski definition) is 3. The molecule has 0 spiro atoms. The molecule has 5 nitrogen and oxygen atoms in total. The van der Waals surface area contributed by atoms with Gasteiger partial charge in [0.15, 0.2) is 0 Å². The van der Waals surface area contributed by atoms with E-state index in [9.17, 15) is 12.8 Å². The Kier molecular flexibility index (Phi) is 4.38. The fourth-order valence-corrected chi connectivity index (χ4v) is 3.51. The molecule has 1 saturated heterocycles. The molecule has 0 saturated carbocycles. The molecule has 1 aliphatic heterocycles. The lowest BCUT2D eigenvalue weighted by Crippen LogP contribution is -2.39. The van der Waals surface area contributed by atoms with E-state index in [-0.39, 0.29) is 17.8 Å². The van der Waals surface area contributed by atoms with Crippen molar-refractivity contribution in [2.75, 3.05) is 17.8 Å². The van der Waals surface area contributed by atoms with Crippen LogP contribution in [0.2, 0.25) is 0 Å². The van der Waals surface area contributed by atoms with Crippen molar-refractivity contribution in [2.45, 2.75) is 25.8 Å². The van der Waals surface area contributed by atoms with E-state index in [0.29, 0.717) is 13.1 Å². The fourth-order valence-electron chi connectivity index (χ4n) is 2.17. The highest BCUT2D eigenvalue weighted by Crippen LogP contribution is 2.22. The minimum Gasteiger partial charge on any atom is -0.326 e. The molecule has 7 heteroatoms. The molecule has 0 atom stereocenters. The monoisotopic (exact) mass is 287 g/mol. The molecule has 19 heavy (non-hydrogen) atoms. The van der Waals surface area contributed by atoms with Crippen molar-refractivity contribution in [3.05, 3.63) is 29.6 Å². The Hall–Kier alpha value is -1.18. The molecule has 0 aromatic heterocycles. The molecule has 106 valence electrons. The van der Waals surface area contributed by atoms with Gasteiger partial charge in [-0.05, 0) is 25.0 Å². The van der Waals surface area contributed by atoms with Gasteiger partial charge in [-0.25, -0.2) is 4.39 Å². The predicted molar refractivity (Wildman–Crippen MR) is 72.3 cm³/mol. The topological polar surface area (TPSA) is 75.4 Å². The Morgan fingerprint density at radius 1 is 1.26 bits per heavy atom. The lowest BCUT2D eigenvalue weighted by atomic mass is 10.2. The summed E-state index contributed by atoms with van der Waals surface area (Å²) in [6.07, 6.45) is 2.75. The third kappa shape index (κ3) is 3.23. The Labute approximate surface area is 112 Å². The summed E-state index contributed by atoms with van der Waals surface area (Å²) in [4.78, 5) is 0. The zero-order valence-corrected chi connectivity index (χ0v) is 11.4. The van der Waals surface area contributed by atoms with Crippen LogP contribution < -0.4 is 10.5 Å². The molecule has 0 bridgehead atoms. The minimum absolute atomic E-state index is 0.0511. The van der Waals surface area contributed by atoms with Gasteiger partial charge in [0.25, 0.3) is 0 Å². The molecule has 2 rings (SSSR count). The molecular weight excluding hydrogens is 269 g/mol. The third-order valence-electron chi connectivity index (χ3n) is 3.22. The first-order valence-electron chi connectivity index (χ1n) is 6.30. The molecule has 1 aromatic rings. The normalized spacial score (nSPS) is 17.4. The van der Waals surface area contributed by atoms with Crippen LogP contribution in [0.15, 0.2) is 18.2 Å². The van der Waals surface area contributed by atoms with Gasteiger partial charge >= 0.3 is 10.2 Å². The summed E-state index contributed by atoms with van der Waals surface area (Å²) in [5.41, 5.74) is 5.86. The van der Waals surface area contributed by atoms with Crippen LogP contribution in [-0.4, -0.2) is 25.8 Å². The van der Waals surface area contributed by atoms with Crippen molar-refractivity contribution in [3.8, 4) is 0 Å². The van der Waals surface area contributed by atoms with Crippen LogP contribution in [0.25, 0.3) is 0 Å². The molecule has 0 radical (unpaired) electrons. The number of benzene rings is 1. The van der Waals surface area contributed by atoms with Gasteiger partial charge in [0.1, 0.15) is 5.82 Å². The first-order chi connectivity index (χ1) is 9.04. The molecular formula is C12H18FN3O2S. The van der Waals surface area contributed by atoms with Crippen molar-refractivity contribution in [1.29, 1.82) is 0 Å². The first kappa shape index (κ1) is 14.2. The number of rotatable bonds is 4. The highest BCUT2D eigenvalue weighted by Gasteiger charge is 2.24. The van der Waals surface area contributed by atoms with Crippen LogP contribution in [0.5, 0.6) is 0 Å². The van der Waals surface area contributed by atoms with Crippen LogP contribution in [0.4, 0.5) is 10.1 Å². The van der Waals surface area contributed by atoms with E-state index >= 15 is 0 Å². The molecule has 0 aliphatic carbocycles. The summed E-state index contributed by atoms with van der Waals surface area (Å²) in [7, 11) is -3.62. The van der Waals surface area contributed by atoms with Crippen LogP contribution in [-0.2, 0) is 16.8 Å². The second-order valence-corrected chi connectivity index (χ2v) is 6.21. The highest BCUT2D eigenvalue weighted by molar-refractivity contribution is 7.90. The number of nitrogens with two attached hydrogens (primary N) is 1. The van der Waals surface area contributed by atoms with E-state index in [2.05, 4.69) is 4.72 Å². The second-order valence-electron chi connectivity index (χ2n) is 4.54. The van der Waals surface area contributed by atoms with Gasteiger partial charge in [-0.15, -0.1) is 0 Å². The quantitative estimate of drug-likeness (QED) is 0.879. The Bertz CT molecular complexity index is 542. The fraction of sp³-hybridized carbons (Fsp3) is 0.500. The van der Waals surface area contributed by atoms with Crippen molar-refractivity contribution < 1.29 is 12.8 Å². The summed E-state index contributed by atoms with van der Waals surface area (Å²) < 4.78 is 41.7. The predicted octanol–water partition coefficient (Wildman–Crippen LogP) is 1.43. The van der Waals surface area contributed by atoms with Crippen molar-refractivity contribution in [1.82, 2.24) is 4.31 Å². The van der Waals surface area contributed by atoms with E-state index in [1.165, 1.54) is 22.5 Å². The number of hydrogen-bond donors (Lipinski definition) is 2. The minimum atomic E-state index is -3.62. The van der Waals surface area contributed by atoms with Gasteiger partial charge in [-0.3, -0.25) is 4.72 Å². The zero-order chi connectivity index (χ0) is 13.9. The van der Waals surface area contributed by atoms with Gasteiger partial charge in [0.2, 0.25) is 0 Å². The van der Waals surface area contributed by atoms with E-state index in [0.717, 1.165) is 19.3 Å². The molecule has 1 fully saturated rings. The maximum Gasteiger partial charge on any atom is 0.301 e. The summed E-state index contributed by atoms with van der Waals surface area (Å²) in [5.74, 6) is -0.499. The van der Waals surface area contributed by atoms with Crippen LogP contribution >= 0.6 is 0 Å². The van der Waals surface area contributed by atoms with Crippen LogP contribution in [0.1, 0.15) is 24.8 Å². The molecule has 1 aliphatic rings. The Morgan fingerprint density at radius 2 is 1.95 bits per heavy atom. The van der Waals surface area contributed by atoms with E-state index < -0.39 is 16.0 Å². The van der Waals surface area contributed by atoms with Crippen molar-refractivity contribution in [2.24, 2.45) is 5.73 Å². The summed E-state index contributed by atoms with van der Waals surface area (Å²) >= 11 is 0. The first-order valence-corrected chi connectivity index (χ1v) is 7.74. The van der Waals surface area contributed by atoms with Crippen LogP contribution in [0.3, 0.4) is 0 Å². The summed E-state index contributed by atoms with van der Waals surface area (Å²) in [6, 6.07) is 4.25. The average Bonchev–Trinajstić information content (AvgIpc) is 2.40. The second kappa shape index (κ2) is 5.85. The Balaban J connectivity index is 2.22. The average molecular weight is 287 g/mol. The Morgan fingerprint density at radius 3 is 2.58 bits per heavy atom. The SMILES string of the molecule is NCc1c(F)cccc1NS(=O)(=O)N1CCCCC1. The number of piperidine rings is 1. The van der Waals surface area contributed by atoms with E-state index in [4.69, 9.17) is 5.73 Å². The van der Waals surface area contributed by atoms with E-state index in [1.807, 2.05) is 0 Å². The summed E-state index contributed by atoms with van der Waals surface area (Å²) in [6.45, 7) is 0.954. The molecule has 0 unspecified atom stereocenters. The molecule has 1 aromatic carbocycles. The molecule has 3 N–H and O–H groups in total. The van der Waals surface area contributed by atoms with E-state index in [1.54, 1.807) is 0 Å². The number of nitrogens with zero attached hydrogens (tertiary/aromatic N) is 1. The lowest BCUT2D eigenvalue weighted by molar-refractivity contribution is 0.349. The summed E-state index contributed by atoms with van der Waals surface area (Å²) in [5, 5.41) is 0. The number of anilines is 1. The third-order valence-corrected chi connectivity index (χ3v) is 4.74. The zero-order valence-electron chi connectivity index (χ0n) is 10.6. The van der Waals surface area contributed by atoms with Gasteiger partial charge < -0.3 is 5.73 Å². The van der Waals surface area contributed by atoms with Gasteiger partial charge in [-0.1, -0.05) is 12.5 Å². The van der Waals surface area contributed by atoms with Crippen molar-refractivity contribution in [3.63, 3.8) is 0 Å². The number of halogens is 1. The van der Waals surface area contributed by atoms with Gasteiger partial charge in [0, 0.05) is 25.2 Å². The maximum absolute atomic E-state index is 13.5. The van der Waals surface area contributed by atoms with Crippen LogP contribution in [0, 0.1) is 5.82 Å². The lowest BCUT2D eigenvalue weighted by Gasteiger charge is -2.26. The largest absolute Gasteiger partial charge is 0.326 e. The molecule has 0 amide bonds. The standard InChI is InChI=1S/C12H18FN3O2S/c13-11-5-4-6-12(10(11)9-14)15-19(17,18)16-7-2-1-3-8-16/h4-6,15H,1-3,7-9,14H2.